The van der Waals surface area contributed by atoms with Crippen molar-refractivity contribution in [3.8, 4) is 0 Å². The lowest BCUT2D eigenvalue weighted by Gasteiger charge is -2.27. The number of aromatic nitrogens is 1. The maximum atomic E-state index is 12.8. The normalized spacial score (nSPS) is 13.3. The lowest BCUT2D eigenvalue weighted by molar-refractivity contribution is -0.155. The SMILES string of the molecule is CCC.CC[C@H](C)C(NC(=O)C(CC(C)C)CN(O)C=O)C(=O)Nc1ccccn1. The van der Waals surface area contributed by atoms with Gasteiger partial charge in [0.05, 0.1) is 12.5 Å². The van der Waals surface area contributed by atoms with Crippen LogP contribution in [0, 0.1) is 17.8 Å². The standard InChI is InChI=1S/C19H30N4O4.C3H8/c1-5-14(4)17(19(26)21-16-8-6-7-9-20-16)22-18(25)15(10-13(2)3)11-23(27)12-24;1-3-2/h6-9,12-15,17,27H,5,10-11H2,1-4H3,(H,22,25)(H,20,21,26);3H2,1-2H3/t14-,15?,17?;/m0./s1. The summed E-state index contributed by atoms with van der Waals surface area (Å²) in [6.45, 7) is 11.8. The predicted octanol–water partition coefficient (Wildman–Crippen LogP) is 3.48. The van der Waals surface area contributed by atoms with Crippen molar-refractivity contribution in [2.75, 3.05) is 11.9 Å². The molecule has 8 heteroatoms. The van der Waals surface area contributed by atoms with Crippen LogP contribution < -0.4 is 10.6 Å². The third-order valence-electron chi connectivity index (χ3n) is 4.37. The van der Waals surface area contributed by atoms with Gasteiger partial charge in [0.1, 0.15) is 11.9 Å². The van der Waals surface area contributed by atoms with Crippen LogP contribution in [0.5, 0.6) is 0 Å². The molecule has 3 atom stereocenters. The molecular weight excluding hydrogens is 384 g/mol. The Morgan fingerprint density at radius 1 is 1.17 bits per heavy atom. The molecule has 0 aliphatic carbocycles. The van der Waals surface area contributed by atoms with E-state index < -0.39 is 12.0 Å². The summed E-state index contributed by atoms with van der Waals surface area (Å²) in [5, 5.41) is 15.4. The number of hydrogen-bond acceptors (Lipinski definition) is 5. The Morgan fingerprint density at radius 2 is 1.80 bits per heavy atom. The second-order valence-corrected chi connectivity index (χ2v) is 7.84. The first kappa shape index (κ1) is 27.5. The van der Waals surface area contributed by atoms with Gasteiger partial charge in [0.2, 0.25) is 18.2 Å². The monoisotopic (exact) mass is 422 g/mol. The summed E-state index contributed by atoms with van der Waals surface area (Å²) in [5.74, 6) is -0.846. The van der Waals surface area contributed by atoms with Gasteiger partial charge in [0, 0.05) is 6.20 Å². The highest BCUT2D eigenvalue weighted by Gasteiger charge is 2.30. The highest BCUT2D eigenvalue weighted by molar-refractivity contribution is 5.97. The van der Waals surface area contributed by atoms with E-state index in [9.17, 15) is 19.6 Å². The number of hydroxylamine groups is 2. The van der Waals surface area contributed by atoms with E-state index in [1.165, 1.54) is 6.42 Å². The van der Waals surface area contributed by atoms with E-state index in [1.807, 2.05) is 27.7 Å². The van der Waals surface area contributed by atoms with Crippen molar-refractivity contribution in [1.82, 2.24) is 15.4 Å². The molecule has 1 aromatic rings. The maximum Gasteiger partial charge on any atom is 0.248 e. The topological polar surface area (TPSA) is 112 Å². The zero-order valence-electron chi connectivity index (χ0n) is 19.1. The molecule has 2 unspecified atom stereocenters. The first-order valence-electron chi connectivity index (χ1n) is 10.6. The minimum Gasteiger partial charge on any atom is -0.344 e. The van der Waals surface area contributed by atoms with Gasteiger partial charge in [-0.05, 0) is 30.4 Å². The van der Waals surface area contributed by atoms with Gasteiger partial charge in [0.15, 0.2) is 0 Å². The zero-order chi connectivity index (χ0) is 23.1. The van der Waals surface area contributed by atoms with E-state index >= 15 is 0 Å². The van der Waals surface area contributed by atoms with Crippen LogP contribution >= 0.6 is 0 Å². The maximum absolute atomic E-state index is 12.8. The molecule has 0 saturated carbocycles. The fourth-order valence-corrected chi connectivity index (χ4v) is 2.72. The Morgan fingerprint density at radius 3 is 2.27 bits per heavy atom. The summed E-state index contributed by atoms with van der Waals surface area (Å²) < 4.78 is 0. The Bertz CT molecular complexity index is 625. The molecule has 0 spiro atoms. The van der Waals surface area contributed by atoms with E-state index in [-0.39, 0.29) is 36.6 Å². The van der Waals surface area contributed by atoms with Crippen LogP contribution in [0.25, 0.3) is 0 Å². The average molecular weight is 423 g/mol. The average Bonchev–Trinajstić information content (AvgIpc) is 2.71. The number of carbonyl (C=O) groups is 3. The van der Waals surface area contributed by atoms with Gasteiger partial charge < -0.3 is 10.6 Å². The molecule has 0 saturated heterocycles. The van der Waals surface area contributed by atoms with Crippen LogP contribution in [0.15, 0.2) is 24.4 Å². The van der Waals surface area contributed by atoms with Crippen molar-refractivity contribution < 1.29 is 19.6 Å². The molecule has 170 valence electrons. The predicted molar refractivity (Wildman–Crippen MR) is 118 cm³/mol. The highest BCUT2D eigenvalue weighted by Crippen LogP contribution is 2.16. The van der Waals surface area contributed by atoms with Crippen LogP contribution in [-0.2, 0) is 14.4 Å². The quantitative estimate of drug-likeness (QED) is 0.287. The van der Waals surface area contributed by atoms with E-state index in [1.54, 1.807) is 24.4 Å². The number of nitrogens with one attached hydrogen (secondary N) is 2. The first-order valence-corrected chi connectivity index (χ1v) is 10.6. The van der Waals surface area contributed by atoms with Gasteiger partial charge in [-0.25, -0.2) is 10.0 Å². The summed E-state index contributed by atoms with van der Waals surface area (Å²) in [6.07, 6.45) is 4.25. The van der Waals surface area contributed by atoms with E-state index in [0.29, 0.717) is 23.7 Å². The lowest BCUT2D eigenvalue weighted by atomic mass is 9.93. The molecule has 1 aromatic heterocycles. The Hall–Kier alpha value is -2.48. The number of pyridine rings is 1. The summed E-state index contributed by atoms with van der Waals surface area (Å²) in [7, 11) is 0. The fourth-order valence-electron chi connectivity index (χ4n) is 2.72. The Balaban J connectivity index is 0.00000263. The summed E-state index contributed by atoms with van der Waals surface area (Å²) in [6, 6.07) is 4.42. The molecule has 30 heavy (non-hydrogen) atoms. The zero-order valence-corrected chi connectivity index (χ0v) is 19.1. The van der Waals surface area contributed by atoms with Crippen molar-refractivity contribution in [3.63, 3.8) is 0 Å². The number of amides is 3. The lowest BCUT2D eigenvalue weighted by Crippen LogP contribution is -2.51. The van der Waals surface area contributed by atoms with Gasteiger partial charge in [-0.2, -0.15) is 0 Å². The van der Waals surface area contributed by atoms with Crippen molar-refractivity contribution in [2.24, 2.45) is 17.8 Å². The molecule has 1 heterocycles. The van der Waals surface area contributed by atoms with Gasteiger partial charge in [-0.3, -0.25) is 19.6 Å². The van der Waals surface area contributed by atoms with Crippen LogP contribution in [0.2, 0.25) is 0 Å². The Labute approximate surface area is 180 Å². The molecule has 0 bridgehead atoms. The molecule has 1 rings (SSSR count). The number of anilines is 1. The fraction of sp³-hybridized carbons (Fsp3) is 0.636. The highest BCUT2D eigenvalue weighted by atomic mass is 16.5. The van der Waals surface area contributed by atoms with E-state index in [0.717, 1.165) is 0 Å². The number of nitrogens with zero attached hydrogens (tertiary/aromatic N) is 2. The summed E-state index contributed by atoms with van der Waals surface area (Å²) >= 11 is 0. The molecule has 3 N–H and O–H groups in total. The summed E-state index contributed by atoms with van der Waals surface area (Å²) in [4.78, 5) is 40.2. The number of carbonyl (C=O) groups excluding carboxylic acids is 3. The summed E-state index contributed by atoms with van der Waals surface area (Å²) in [5.41, 5.74) is 0. The van der Waals surface area contributed by atoms with Crippen molar-refractivity contribution in [2.45, 2.75) is 66.8 Å². The molecule has 0 fully saturated rings. The first-order chi connectivity index (χ1) is 14.2. The van der Waals surface area contributed by atoms with Crippen LogP contribution in [-0.4, -0.2) is 46.1 Å². The number of rotatable bonds is 11. The van der Waals surface area contributed by atoms with Gasteiger partial charge in [-0.1, -0.05) is 60.5 Å². The van der Waals surface area contributed by atoms with Gasteiger partial charge >= 0.3 is 0 Å². The molecule has 3 amide bonds. The van der Waals surface area contributed by atoms with Crippen molar-refractivity contribution >= 4 is 24.0 Å². The molecule has 8 nitrogen and oxygen atoms in total. The van der Waals surface area contributed by atoms with Crippen LogP contribution in [0.4, 0.5) is 5.82 Å². The minimum absolute atomic E-state index is 0.103. The molecule has 0 aromatic carbocycles. The van der Waals surface area contributed by atoms with E-state index in [2.05, 4.69) is 29.5 Å². The largest absolute Gasteiger partial charge is 0.344 e. The van der Waals surface area contributed by atoms with Gasteiger partial charge in [0.25, 0.3) is 0 Å². The van der Waals surface area contributed by atoms with Crippen LogP contribution in [0.3, 0.4) is 0 Å². The smallest absolute Gasteiger partial charge is 0.248 e. The third-order valence-corrected chi connectivity index (χ3v) is 4.37. The van der Waals surface area contributed by atoms with Gasteiger partial charge in [-0.15, -0.1) is 0 Å². The molecular formula is C22H38N4O4. The van der Waals surface area contributed by atoms with Crippen LogP contribution in [0.1, 0.15) is 60.8 Å². The third kappa shape index (κ3) is 10.9. The molecule has 0 aliphatic rings. The molecule has 0 aliphatic heterocycles. The second-order valence-electron chi connectivity index (χ2n) is 7.84. The minimum atomic E-state index is -0.748. The van der Waals surface area contributed by atoms with Crippen molar-refractivity contribution in [1.29, 1.82) is 0 Å². The number of hydrogen-bond donors (Lipinski definition) is 3. The van der Waals surface area contributed by atoms with Crippen molar-refractivity contribution in [3.05, 3.63) is 24.4 Å². The molecule has 0 radical (unpaired) electrons. The second kappa shape index (κ2) is 15.4. The van der Waals surface area contributed by atoms with E-state index in [4.69, 9.17) is 0 Å². The Kier molecular flexibility index (Phi) is 14.1.